The summed E-state index contributed by atoms with van der Waals surface area (Å²) in [6, 6.07) is 12.2. The van der Waals surface area contributed by atoms with Crippen molar-refractivity contribution in [1.29, 1.82) is 0 Å². The van der Waals surface area contributed by atoms with E-state index in [1.54, 1.807) is 17.8 Å². The maximum atomic E-state index is 12.2. The minimum atomic E-state index is -0.0460. The van der Waals surface area contributed by atoms with Crippen LogP contribution >= 0.6 is 0 Å². The molecular weight excluding hydrogens is 238 g/mol. The molecule has 0 aliphatic rings. The second kappa shape index (κ2) is 3.45. The minimum Gasteiger partial charge on any atom is -0.309 e. The van der Waals surface area contributed by atoms with Crippen molar-refractivity contribution < 1.29 is 0 Å². The lowest BCUT2D eigenvalue weighted by atomic mass is 10.0. The number of pyridine rings is 1. The fourth-order valence-corrected chi connectivity index (χ4v) is 2.74. The van der Waals surface area contributed by atoms with E-state index in [1.807, 2.05) is 24.3 Å². The molecule has 92 valence electrons. The van der Waals surface area contributed by atoms with Crippen LogP contribution in [0.3, 0.4) is 0 Å². The van der Waals surface area contributed by atoms with Crippen LogP contribution in [0.1, 0.15) is 0 Å². The lowest BCUT2D eigenvalue weighted by Gasteiger charge is -2.09. The monoisotopic (exact) mass is 249 g/mol. The van der Waals surface area contributed by atoms with E-state index in [-0.39, 0.29) is 5.56 Å². The van der Waals surface area contributed by atoms with Gasteiger partial charge in [-0.05, 0) is 16.8 Å². The Morgan fingerprint density at radius 1 is 1.11 bits per heavy atom. The number of aromatic amines is 1. The molecular formula is C15H11N3O. The van der Waals surface area contributed by atoms with Gasteiger partial charge < -0.3 is 4.57 Å². The van der Waals surface area contributed by atoms with E-state index >= 15 is 0 Å². The van der Waals surface area contributed by atoms with Gasteiger partial charge >= 0.3 is 0 Å². The molecule has 2 heterocycles. The number of nitrogens with zero attached hydrogens (tertiary/aromatic N) is 2. The number of aryl methyl sites for hydroxylation is 1. The molecule has 0 amide bonds. The summed E-state index contributed by atoms with van der Waals surface area (Å²) >= 11 is 0. The Kier molecular flexibility index (Phi) is 1.87. The van der Waals surface area contributed by atoms with Gasteiger partial charge in [0, 0.05) is 17.8 Å². The molecule has 0 unspecified atom stereocenters. The third-order valence-electron chi connectivity index (χ3n) is 3.70. The summed E-state index contributed by atoms with van der Waals surface area (Å²) in [6.07, 6.45) is 1.73. The number of hydrogen-bond acceptors (Lipinski definition) is 2. The summed E-state index contributed by atoms with van der Waals surface area (Å²) < 4.78 is 1.67. The third-order valence-corrected chi connectivity index (χ3v) is 3.70. The van der Waals surface area contributed by atoms with E-state index in [0.717, 1.165) is 27.1 Å². The van der Waals surface area contributed by atoms with Crippen molar-refractivity contribution in [2.45, 2.75) is 0 Å². The van der Waals surface area contributed by atoms with E-state index in [4.69, 9.17) is 0 Å². The van der Waals surface area contributed by atoms with Crippen molar-refractivity contribution >= 4 is 32.6 Å². The van der Waals surface area contributed by atoms with Crippen LogP contribution in [0.4, 0.5) is 0 Å². The van der Waals surface area contributed by atoms with Gasteiger partial charge in [0.1, 0.15) is 5.52 Å². The Bertz CT molecular complexity index is 995. The standard InChI is InChI=1S/C15H11N3O/c1-18-12-7-6-9-4-2-3-5-10(9)13(12)11-8-16-17-14(11)15(18)19/h2-8H,1H3,(H,16,17). The van der Waals surface area contributed by atoms with Gasteiger partial charge in [0.2, 0.25) is 0 Å². The molecule has 0 saturated carbocycles. The largest absolute Gasteiger partial charge is 0.309 e. The number of H-pyrrole nitrogens is 1. The first-order valence-electron chi connectivity index (χ1n) is 6.11. The number of nitrogens with one attached hydrogen (secondary N) is 1. The highest BCUT2D eigenvalue weighted by atomic mass is 16.1. The van der Waals surface area contributed by atoms with Gasteiger partial charge in [0.15, 0.2) is 0 Å². The van der Waals surface area contributed by atoms with Crippen molar-refractivity contribution in [2.24, 2.45) is 7.05 Å². The van der Waals surface area contributed by atoms with Gasteiger partial charge in [-0.2, -0.15) is 5.10 Å². The molecule has 4 aromatic rings. The summed E-state index contributed by atoms with van der Waals surface area (Å²) in [7, 11) is 1.79. The molecule has 2 aromatic carbocycles. The first kappa shape index (κ1) is 10.3. The first-order valence-corrected chi connectivity index (χ1v) is 6.11. The Hall–Kier alpha value is -2.62. The zero-order valence-corrected chi connectivity index (χ0v) is 10.3. The van der Waals surface area contributed by atoms with Gasteiger partial charge in [0.05, 0.1) is 11.7 Å². The number of fused-ring (bicyclic) bond motifs is 5. The maximum absolute atomic E-state index is 12.2. The van der Waals surface area contributed by atoms with Gasteiger partial charge in [-0.1, -0.05) is 30.3 Å². The van der Waals surface area contributed by atoms with Crippen LogP contribution in [0.25, 0.3) is 32.6 Å². The van der Waals surface area contributed by atoms with Crippen LogP contribution in [-0.2, 0) is 7.05 Å². The van der Waals surface area contributed by atoms with Gasteiger partial charge in [-0.25, -0.2) is 0 Å². The smallest absolute Gasteiger partial charge is 0.276 e. The number of rotatable bonds is 0. The predicted octanol–water partition coefficient (Wildman–Crippen LogP) is 2.57. The molecule has 0 radical (unpaired) electrons. The van der Waals surface area contributed by atoms with Gasteiger partial charge in [-0.15, -0.1) is 0 Å². The Balaban J connectivity index is 2.47. The summed E-state index contributed by atoms with van der Waals surface area (Å²) in [6.45, 7) is 0. The zero-order valence-electron chi connectivity index (χ0n) is 10.3. The Morgan fingerprint density at radius 2 is 1.95 bits per heavy atom. The molecule has 4 heteroatoms. The molecule has 1 N–H and O–H groups in total. The SMILES string of the molecule is Cn1c(=O)c2[nH]ncc2c2c3ccccc3ccc21. The van der Waals surface area contributed by atoms with Crippen molar-refractivity contribution in [3.63, 3.8) is 0 Å². The normalized spacial score (nSPS) is 11.6. The van der Waals surface area contributed by atoms with Crippen LogP contribution in [0.2, 0.25) is 0 Å². The van der Waals surface area contributed by atoms with Crippen LogP contribution < -0.4 is 5.56 Å². The second-order valence-electron chi connectivity index (χ2n) is 4.70. The van der Waals surface area contributed by atoms with E-state index in [0.29, 0.717) is 5.52 Å². The highest BCUT2D eigenvalue weighted by Gasteiger charge is 2.12. The second-order valence-corrected chi connectivity index (χ2v) is 4.70. The summed E-state index contributed by atoms with van der Waals surface area (Å²) in [5, 5.41) is 11.1. The predicted molar refractivity (Wildman–Crippen MR) is 76.3 cm³/mol. The molecule has 0 atom stereocenters. The average molecular weight is 249 g/mol. The minimum absolute atomic E-state index is 0.0460. The molecule has 4 nitrogen and oxygen atoms in total. The summed E-state index contributed by atoms with van der Waals surface area (Å²) in [5.74, 6) is 0. The molecule has 0 bridgehead atoms. The highest BCUT2D eigenvalue weighted by molar-refractivity contribution is 6.18. The molecule has 4 rings (SSSR count). The van der Waals surface area contributed by atoms with Crippen molar-refractivity contribution in [1.82, 2.24) is 14.8 Å². The maximum Gasteiger partial charge on any atom is 0.276 e. The molecule has 0 aliphatic heterocycles. The Morgan fingerprint density at radius 3 is 2.84 bits per heavy atom. The van der Waals surface area contributed by atoms with Gasteiger partial charge in [-0.3, -0.25) is 9.89 Å². The number of aromatic nitrogens is 3. The summed E-state index contributed by atoms with van der Waals surface area (Å²) in [4.78, 5) is 12.2. The van der Waals surface area contributed by atoms with Crippen LogP contribution in [0.5, 0.6) is 0 Å². The van der Waals surface area contributed by atoms with E-state index < -0.39 is 0 Å². The van der Waals surface area contributed by atoms with E-state index in [1.165, 1.54) is 0 Å². The topological polar surface area (TPSA) is 50.7 Å². The Labute approximate surface area is 108 Å². The molecule has 0 aliphatic carbocycles. The lowest BCUT2D eigenvalue weighted by Crippen LogP contribution is -2.17. The van der Waals surface area contributed by atoms with Crippen molar-refractivity contribution in [3.8, 4) is 0 Å². The third kappa shape index (κ3) is 1.23. The number of benzene rings is 2. The van der Waals surface area contributed by atoms with E-state index in [2.05, 4.69) is 22.3 Å². The number of hydrogen-bond donors (Lipinski definition) is 1. The quantitative estimate of drug-likeness (QED) is 0.487. The van der Waals surface area contributed by atoms with Crippen molar-refractivity contribution in [3.05, 3.63) is 52.9 Å². The van der Waals surface area contributed by atoms with Crippen LogP contribution in [0, 0.1) is 0 Å². The molecule has 0 fully saturated rings. The molecule has 19 heavy (non-hydrogen) atoms. The average Bonchev–Trinajstić information content (AvgIpc) is 2.93. The molecule has 2 aromatic heterocycles. The summed E-state index contributed by atoms with van der Waals surface area (Å²) in [5.41, 5.74) is 1.44. The van der Waals surface area contributed by atoms with Crippen LogP contribution in [-0.4, -0.2) is 14.8 Å². The van der Waals surface area contributed by atoms with Gasteiger partial charge in [0.25, 0.3) is 5.56 Å². The molecule has 0 saturated heterocycles. The zero-order chi connectivity index (χ0) is 13.0. The fraction of sp³-hybridized carbons (Fsp3) is 0.0667. The van der Waals surface area contributed by atoms with E-state index in [9.17, 15) is 4.79 Å². The van der Waals surface area contributed by atoms with Crippen LogP contribution in [0.15, 0.2) is 47.4 Å². The molecule has 0 spiro atoms. The first-order chi connectivity index (χ1) is 9.27. The fourth-order valence-electron chi connectivity index (χ4n) is 2.74. The lowest BCUT2D eigenvalue weighted by molar-refractivity contribution is 0.912. The van der Waals surface area contributed by atoms with Crippen molar-refractivity contribution in [2.75, 3.05) is 0 Å². The highest BCUT2D eigenvalue weighted by Crippen LogP contribution is 2.29.